The number of ether oxygens (including phenoxy) is 1. The zero-order valence-electron chi connectivity index (χ0n) is 10.1. The van der Waals surface area contributed by atoms with E-state index in [1.54, 1.807) is 7.11 Å². The quantitative estimate of drug-likeness (QED) is 0.784. The molecule has 4 nitrogen and oxygen atoms in total. The van der Waals surface area contributed by atoms with E-state index in [9.17, 15) is 9.90 Å². The van der Waals surface area contributed by atoms with Crippen LogP contribution in [0.4, 0.5) is 5.69 Å². The molecule has 2 N–H and O–H groups in total. The second kappa shape index (κ2) is 4.05. The van der Waals surface area contributed by atoms with Gasteiger partial charge in [-0.15, -0.1) is 0 Å². The molecule has 94 valence electrons. The van der Waals surface area contributed by atoms with E-state index >= 15 is 0 Å². The summed E-state index contributed by atoms with van der Waals surface area (Å²) < 4.78 is 5.23. The Morgan fingerprint density at radius 1 is 1.50 bits per heavy atom. The van der Waals surface area contributed by atoms with Crippen LogP contribution < -0.4 is 10.1 Å². The Morgan fingerprint density at radius 2 is 2.33 bits per heavy atom. The number of hydrogen-bond acceptors (Lipinski definition) is 3. The molecule has 1 aromatic rings. The van der Waals surface area contributed by atoms with Gasteiger partial charge in [0, 0.05) is 17.5 Å². The molecule has 0 bridgehead atoms. The van der Waals surface area contributed by atoms with E-state index < -0.39 is 12.0 Å². The predicted molar refractivity (Wildman–Crippen MR) is 68.0 cm³/mol. The minimum absolute atomic E-state index is 0.0992. The van der Waals surface area contributed by atoms with Crippen LogP contribution in [0.5, 0.6) is 5.75 Å². The molecule has 0 aromatic heterocycles. The number of carboxylic acids is 1. The van der Waals surface area contributed by atoms with E-state index in [1.807, 2.05) is 18.2 Å². The number of aliphatic carboxylic acids is 1. The summed E-state index contributed by atoms with van der Waals surface area (Å²) in [6.45, 7) is 0. The van der Waals surface area contributed by atoms with Gasteiger partial charge in [-0.2, -0.15) is 0 Å². The van der Waals surface area contributed by atoms with E-state index in [-0.39, 0.29) is 11.8 Å². The van der Waals surface area contributed by atoms with Crippen molar-refractivity contribution in [2.75, 3.05) is 12.4 Å². The Kier molecular flexibility index (Phi) is 2.51. The maximum atomic E-state index is 11.3. The van der Waals surface area contributed by atoms with Crippen molar-refractivity contribution in [2.45, 2.75) is 18.4 Å². The molecule has 3 rings (SSSR count). The average Bonchev–Trinajstić information content (AvgIpc) is 2.86. The zero-order chi connectivity index (χ0) is 12.7. The topological polar surface area (TPSA) is 58.6 Å². The molecule has 18 heavy (non-hydrogen) atoms. The smallest absolute Gasteiger partial charge is 0.326 e. The monoisotopic (exact) mass is 245 g/mol. The van der Waals surface area contributed by atoms with Crippen LogP contribution >= 0.6 is 0 Å². The van der Waals surface area contributed by atoms with Crippen LogP contribution in [0.2, 0.25) is 0 Å². The molecule has 1 aromatic carbocycles. The van der Waals surface area contributed by atoms with Crippen molar-refractivity contribution in [1.29, 1.82) is 0 Å². The zero-order valence-corrected chi connectivity index (χ0v) is 10.1. The van der Waals surface area contributed by atoms with Gasteiger partial charge in [0.05, 0.1) is 7.11 Å². The Bertz CT molecular complexity index is 524. The summed E-state index contributed by atoms with van der Waals surface area (Å²) in [7, 11) is 1.64. The molecule has 1 aliphatic carbocycles. The summed E-state index contributed by atoms with van der Waals surface area (Å²) in [4.78, 5) is 11.3. The van der Waals surface area contributed by atoms with Gasteiger partial charge < -0.3 is 15.2 Å². The van der Waals surface area contributed by atoms with Gasteiger partial charge in [-0.3, -0.25) is 0 Å². The lowest BCUT2D eigenvalue weighted by molar-refractivity contribution is -0.139. The molecule has 0 unspecified atom stereocenters. The third-order valence-electron chi connectivity index (χ3n) is 3.84. The SMILES string of the molecule is COc1ccc2c(c1)[C@@H]1C=CC[C@H]1[C@@H](C(=O)O)N2. The lowest BCUT2D eigenvalue weighted by atomic mass is 9.79. The number of rotatable bonds is 2. The number of carbonyl (C=O) groups is 1. The molecule has 0 saturated heterocycles. The Labute approximate surface area is 105 Å². The number of benzene rings is 1. The van der Waals surface area contributed by atoms with Crippen LogP contribution in [0.1, 0.15) is 17.9 Å². The number of allylic oxidation sites excluding steroid dienone is 2. The molecule has 0 radical (unpaired) electrons. The summed E-state index contributed by atoms with van der Waals surface area (Å²) in [6.07, 6.45) is 4.99. The summed E-state index contributed by atoms with van der Waals surface area (Å²) in [5.41, 5.74) is 2.03. The summed E-state index contributed by atoms with van der Waals surface area (Å²) in [5.74, 6) is 0.304. The molecule has 0 saturated carbocycles. The summed E-state index contributed by atoms with van der Waals surface area (Å²) in [6, 6.07) is 5.23. The Morgan fingerprint density at radius 3 is 3.06 bits per heavy atom. The first-order valence-electron chi connectivity index (χ1n) is 6.04. The molecule has 3 atom stereocenters. The van der Waals surface area contributed by atoms with E-state index in [0.29, 0.717) is 0 Å². The second-order valence-corrected chi connectivity index (χ2v) is 4.77. The van der Waals surface area contributed by atoms with Crippen LogP contribution in [0.3, 0.4) is 0 Å². The maximum Gasteiger partial charge on any atom is 0.326 e. The molecule has 0 amide bonds. The third kappa shape index (κ3) is 1.56. The normalized spacial score (nSPS) is 28.2. The van der Waals surface area contributed by atoms with Crippen molar-refractivity contribution in [3.63, 3.8) is 0 Å². The third-order valence-corrected chi connectivity index (χ3v) is 3.84. The van der Waals surface area contributed by atoms with Gasteiger partial charge in [-0.25, -0.2) is 4.79 Å². The van der Waals surface area contributed by atoms with Crippen molar-refractivity contribution in [2.24, 2.45) is 5.92 Å². The molecule has 2 aliphatic rings. The van der Waals surface area contributed by atoms with Crippen molar-refractivity contribution < 1.29 is 14.6 Å². The number of carboxylic acid groups (broad SMARTS) is 1. The van der Waals surface area contributed by atoms with Gasteiger partial charge in [0.25, 0.3) is 0 Å². The van der Waals surface area contributed by atoms with Crippen LogP contribution in [0.15, 0.2) is 30.4 Å². The van der Waals surface area contributed by atoms with Crippen LogP contribution in [-0.2, 0) is 4.79 Å². The van der Waals surface area contributed by atoms with Gasteiger partial charge in [0.2, 0.25) is 0 Å². The van der Waals surface area contributed by atoms with Gasteiger partial charge in [-0.1, -0.05) is 12.2 Å². The first-order valence-corrected chi connectivity index (χ1v) is 6.04. The van der Waals surface area contributed by atoms with E-state index in [1.165, 1.54) is 0 Å². The first-order chi connectivity index (χ1) is 8.70. The first kappa shape index (κ1) is 11.1. The van der Waals surface area contributed by atoms with Crippen molar-refractivity contribution in [3.8, 4) is 5.75 Å². The minimum Gasteiger partial charge on any atom is -0.497 e. The molecular weight excluding hydrogens is 230 g/mol. The fourth-order valence-corrected chi connectivity index (χ4v) is 2.94. The number of hydrogen-bond donors (Lipinski definition) is 2. The average molecular weight is 245 g/mol. The highest BCUT2D eigenvalue weighted by atomic mass is 16.5. The van der Waals surface area contributed by atoms with Gasteiger partial charge in [0.1, 0.15) is 11.8 Å². The molecule has 1 heterocycles. The van der Waals surface area contributed by atoms with Gasteiger partial charge >= 0.3 is 5.97 Å². The lowest BCUT2D eigenvalue weighted by Gasteiger charge is -2.34. The summed E-state index contributed by atoms with van der Waals surface area (Å²) >= 11 is 0. The van der Waals surface area contributed by atoms with Crippen LogP contribution in [0.25, 0.3) is 0 Å². The number of anilines is 1. The van der Waals surface area contributed by atoms with Gasteiger partial charge in [0.15, 0.2) is 0 Å². The van der Waals surface area contributed by atoms with Crippen molar-refractivity contribution >= 4 is 11.7 Å². The largest absolute Gasteiger partial charge is 0.497 e. The Hall–Kier alpha value is -1.97. The van der Waals surface area contributed by atoms with E-state index in [0.717, 1.165) is 23.4 Å². The fraction of sp³-hybridized carbons (Fsp3) is 0.357. The summed E-state index contributed by atoms with van der Waals surface area (Å²) in [5, 5.41) is 12.4. The van der Waals surface area contributed by atoms with Crippen LogP contribution in [0, 0.1) is 5.92 Å². The number of nitrogens with one attached hydrogen (secondary N) is 1. The van der Waals surface area contributed by atoms with Crippen LogP contribution in [-0.4, -0.2) is 24.2 Å². The van der Waals surface area contributed by atoms with Gasteiger partial charge in [-0.05, 0) is 30.2 Å². The van der Waals surface area contributed by atoms with E-state index in [2.05, 4.69) is 17.5 Å². The molecule has 0 spiro atoms. The Balaban J connectivity index is 2.06. The van der Waals surface area contributed by atoms with Crippen molar-refractivity contribution in [1.82, 2.24) is 0 Å². The maximum absolute atomic E-state index is 11.3. The number of fused-ring (bicyclic) bond motifs is 3. The van der Waals surface area contributed by atoms with E-state index in [4.69, 9.17) is 4.74 Å². The molecule has 0 fully saturated rings. The molecule has 1 aliphatic heterocycles. The lowest BCUT2D eigenvalue weighted by Crippen LogP contribution is -2.41. The van der Waals surface area contributed by atoms with Crippen molar-refractivity contribution in [3.05, 3.63) is 35.9 Å². The molecular formula is C14H15NO3. The standard InChI is InChI=1S/C14H15NO3/c1-18-8-5-6-12-11(7-8)9-3-2-4-10(9)13(15-12)14(16)17/h2-3,5-7,9-10,13,15H,4H2,1H3,(H,16,17)/t9-,10-,13+/m1/s1. The predicted octanol–water partition coefficient (Wildman–Crippen LogP) is 2.23. The fourth-order valence-electron chi connectivity index (χ4n) is 2.94. The molecule has 4 heteroatoms. The highest BCUT2D eigenvalue weighted by Gasteiger charge is 2.40. The number of methoxy groups -OCH3 is 1. The minimum atomic E-state index is -0.782. The highest BCUT2D eigenvalue weighted by molar-refractivity contribution is 5.80. The second-order valence-electron chi connectivity index (χ2n) is 4.77. The highest BCUT2D eigenvalue weighted by Crippen LogP contribution is 2.45.